The zero-order valence-corrected chi connectivity index (χ0v) is 10.4. The Morgan fingerprint density at radius 3 is 2.46 bits per heavy atom. The van der Waals surface area contributed by atoms with Gasteiger partial charge in [-0.15, -0.1) is 0 Å². The minimum atomic E-state index is -1.09. The smallest absolute Gasteiger partial charge is 0.0671 e. The van der Waals surface area contributed by atoms with Crippen LogP contribution < -0.4 is 0 Å². The molecule has 1 saturated heterocycles. The Morgan fingerprint density at radius 2 is 2.08 bits per heavy atom. The molecule has 1 aliphatic rings. The summed E-state index contributed by atoms with van der Waals surface area (Å²) < 4.78 is 0. The van der Waals surface area contributed by atoms with E-state index in [0.29, 0.717) is 6.04 Å². The van der Waals surface area contributed by atoms with Crippen molar-refractivity contribution in [3.63, 3.8) is 0 Å². The molecule has 0 radical (unpaired) electrons. The third kappa shape index (κ3) is 3.41. The number of aliphatic hydroxyl groups excluding tert-OH is 1. The number of rotatable bonds is 3. The lowest BCUT2D eigenvalue weighted by molar-refractivity contribution is 0.0997. The number of aliphatic hydroxyl groups is 1. The Kier molecular flexibility index (Phi) is 3.55. The van der Waals surface area contributed by atoms with Crippen LogP contribution in [-0.4, -0.2) is 43.8 Å². The maximum atomic E-state index is 10.0. The van der Waals surface area contributed by atoms with E-state index in [-0.39, 0.29) is 6.10 Å². The Hall–Kier alpha value is 0.137. The van der Waals surface area contributed by atoms with Crippen molar-refractivity contribution >= 4 is 8.07 Å². The molecule has 1 N–H and O–H groups in total. The van der Waals surface area contributed by atoms with Gasteiger partial charge in [-0.05, 0) is 32.5 Å². The largest absolute Gasteiger partial charge is 0.392 e. The number of likely N-dealkylation sites (N-methyl/N-ethyl adjacent to an activating group) is 1. The average molecular weight is 201 g/mol. The van der Waals surface area contributed by atoms with Crippen LogP contribution in [0.4, 0.5) is 0 Å². The zero-order valence-electron chi connectivity index (χ0n) is 9.38. The number of hydrogen-bond acceptors (Lipinski definition) is 2. The van der Waals surface area contributed by atoms with Gasteiger partial charge in [-0.3, -0.25) is 0 Å². The van der Waals surface area contributed by atoms with Gasteiger partial charge in [0.15, 0.2) is 0 Å². The van der Waals surface area contributed by atoms with Gasteiger partial charge in [0, 0.05) is 14.1 Å². The van der Waals surface area contributed by atoms with Crippen LogP contribution in [0.3, 0.4) is 0 Å². The van der Waals surface area contributed by atoms with Crippen molar-refractivity contribution in [3.05, 3.63) is 0 Å². The lowest BCUT2D eigenvalue weighted by Gasteiger charge is -2.29. The molecule has 1 aliphatic heterocycles. The van der Waals surface area contributed by atoms with Gasteiger partial charge < -0.3 is 10.0 Å². The van der Waals surface area contributed by atoms with E-state index in [2.05, 4.69) is 31.6 Å². The van der Waals surface area contributed by atoms with Crippen LogP contribution in [-0.2, 0) is 0 Å². The van der Waals surface area contributed by atoms with Crippen molar-refractivity contribution in [1.29, 1.82) is 0 Å². The molecule has 0 amide bonds. The first kappa shape index (κ1) is 11.2. The fourth-order valence-corrected chi connectivity index (χ4v) is 3.71. The molecule has 2 atom stereocenters. The Bertz CT molecular complexity index is 167. The summed E-state index contributed by atoms with van der Waals surface area (Å²) in [6.45, 7) is 8.13. The summed E-state index contributed by atoms with van der Waals surface area (Å²) in [7, 11) is 1.04. The van der Waals surface area contributed by atoms with Crippen molar-refractivity contribution in [1.82, 2.24) is 4.90 Å². The second kappa shape index (κ2) is 4.11. The molecular weight excluding hydrogens is 178 g/mol. The van der Waals surface area contributed by atoms with E-state index in [1.807, 2.05) is 0 Å². The van der Waals surface area contributed by atoms with Crippen LogP contribution in [0.25, 0.3) is 0 Å². The van der Waals surface area contributed by atoms with Crippen LogP contribution in [0.15, 0.2) is 0 Å². The van der Waals surface area contributed by atoms with Crippen molar-refractivity contribution in [2.75, 3.05) is 13.6 Å². The molecule has 0 spiro atoms. The monoisotopic (exact) mass is 201 g/mol. The van der Waals surface area contributed by atoms with Gasteiger partial charge >= 0.3 is 0 Å². The van der Waals surface area contributed by atoms with Gasteiger partial charge in [-0.1, -0.05) is 19.6 Å². The van der Waals surface area contributed by atoms with Crippen LogP contribution in [0.5, 0.6) is 0 Å². The number of hydrogen-bond donors (Lipinski definition) is 1. The predicted molar refractivity (Wildman–Crippen MR) is 59.8 cm³/mol. The fourth-order valence-electron chi connectivity index (χ4n) is 2.19. The maximum absolute atomic E-state index is 10.0. The highest BCUT2D eigenvalue weighted by Crippen LogP contribution is 2.23. The van der Waals surface area contributed by atoms with Crippen molar-refractivity contribution in [2.24, 2.45) is 0 Å². The second-order valence-corrected chi connectivity index (χ2v) is 11.1. The van der Waals surface area contributed by atoms with E-state index < -0.39 is 8.07 Å². The molecular formula is C10H23NOSi. The topological polar surface area (TPSA) is 23.5 Å². The molecule has 0 aromatic rings. The molecule has 0 aromatic carbocycles. The molecule has 3 heteroatoms. The first-order valence-corrected chi connectivity index (χ1v) is 8.99. The normalized spacial score (nSPS) is 27.9. The highest BCUT2D eigenvalue weighted by Gasteiger charge is 2.30. The molecule has 78 valence electrons. The summed E-state index contributed by atoms with van der Waals surface area (Å²) in [6, 6.07) is 1.48. The summed E-state index contributed by atoms with van der Waals surface area (Å²) in [6.07, 6.45) is 2.35. The highest BCUT2D eigenvalue weighted by molar-refractivity contribution is 6.76. The lowest BCUT2D eigenvalue weighted by Crippen LogP contribution is -2.40. The minimum Gasteiger partial charge on any atom is -0.392 e. The SMILES string of the molecule is CN1CCC[C@H]1[C@H](O)C[Si](C)(C)C. The Labute approximate surface area is 83.0 Å². The van der Waals surface area contributed by atoms with E-state index >= 15 is 0 Å². The van der Waals surface area contributed by atoms with Gasteiger partial charge in [0.2, 0.25) is 0 Å². The zero-order chi connectivity index (χ0) is 10.1. The molecule has 0 aliphatic carbocycles. The summed E-state index contributed by atoms with van der Waals surface area (Å²) in [5.74, 6) is 0. The van der Waals surface area contributed by atoms with Crippen molar-refractivity contribution in [3.8, 4) is 0 Å². The third-order valence-electron chi connectivity index (χ3n) is 2.84. The van der Waals surface area contributed by atoms with Gasteiger partial charge in [-0.25, -0.2) is 0 Å². The molecule has 1 rings (SSSR count). The highest BCUT2D eigenvalue weighted by atomic mass is 28.3. The molecule has 2 nitrogen and oxygen atoms in total. The quantitative estimate of drug-likeness (QED) is 0.704. The molecule has 13 heavy (non-hydrogen) atoms. The number of likely N-dealkylation sites (tertiary alicyclic amines) is 1. The Balaban J connectivity index is 2.43. The van der Waals surface area contributed by atoms with Gasteiger partial charge in [0.25, 0.3) is 0 Å². The Morgan fingerprint density at radius 1 is 1.46 bits per heavy atom. The van der Waals surface area contributed by atoms with Crippen molar-refractivity contribution < 1.29 is 5.11 Å². The van der Waals surface area contributed by atoms with E-state index in [0.717, 1.165) is 12.6 Å². The molecule has 0 bridgehead atoms. The minimum absolute atomic E-state index is 0.0841. The van der Waals surface area contributed by atoms with E-state index in [1.165, 1.54) is 12.8 Å². The standard InChI is InChI=1S/C10H23NOSi/c1-11-7-5-6-9(11)10(12)8-13(2,3)4/h9-10,12H,5-8H2,1-4H3/t9-,10+/m0/s1. The first-order valence-electron chi connectivity index (χ1n) is 5.28. The van der Waals surface area contributed by atoms with E-state index in [4.69, 9.17) is 0 Å². The third-order valence-corrected chi connectivity index (χ3v) is 4.49. The predicted octanol–water partition coefficient (Wildman–Crippen LogP) is 1.78. The van der Waals surface area contributed by atoms with Gasteiger partial charge in [-0.2, -0.15) is 0 Å². The summed E-state index contributed by atoms with van der Waals surface area (Å²) in [5, 5.41) is 10.0. The molecule has 1 fully saturated rings. The molecule has 0 aromatic heterocycles. The summed E-state index contributed by atoms with van der Waals surface area (Å²) in [4.78, 5) is 2.31. The van der Waals surface area contributed by atoms with Crippen LogP contribution in [0.1, 0.15) is 12.8 Å². The molecule has 0 saturated carbocycles. The second-order valence-electron chi connectivity index (χ2n) is 5.52. The summed E-state index contributed by atoms with van der Waals surface area (Å²) >= 11 is 0. The summed E-state index contributed by atoms with van der Waals surface area (Å²) in [5.41, 5.74) is 0. The van der Waals surface area contributed by atoms with Gasteiger partial charge in [0.05, 0.1) is 6.10 Å². The van der Waals surface area contributed by atoms with Crippen molar-refractivity contribution in [2.45, 2.75) is 50.7 Å². The van der Waals surface area contributed by atoms with E-state index in [1.54, 1.807) is 0 Å². The maximum Gasteiger partial charge on any atom is 0.0671 e. The molecule has 0 unspecified atom stereocenters. The fraction of sp³-hybridized carbons (Fsp3) is 1.00. The lowest BCUT2D eigenvalue weighted by atomic mass is 10.1. The first-order chi connectivity index (χ1) is 5.90. The van der Waals surface area contributed by atoms with Crippen LogP contribution in [0.2, 0.25) is 25.7 Å². The van der Waals surface area contributed by atoms with Crippen LogP contribution >= 0.6 is 0 Å². The molecule has 1 heterocycles. The van der Waals surface area contributed by atoms with Gasteiger partial charge in [0.1, 0.15) is 0 Å². The van der Waals surface area contributed by atoms with E-state index in [9.17, 15) is 5.11 Å². The average Bonchev–Trinajstić information content (AvgIpc) is 2.30. The van der Waals surface area contributed by atoms with Crippen LogP contribution in [0, 0.1) is 0 Å². The number of nitrogens with zero attached hydrogens (tertiary/aromatic N) is 1.